The minimum atomic E-state index is -0.753. The lowest BCUT2D eigenvalue weighted by atomic mass is 9.98. The SMILES string of the molecule is OC(CNC[C@@H](O)[C@@H]1CCc2cc(F)ccc2O1)[C@H]1CCc2cc(F)ccc2O1. The van der Waals surface area contributed by atoms with Crippen LogP contribution < -0.4 is 14.8 Å². The number of benzene rings is 2. The maximum atomic E-state index is 13.3. The molecule has 4 rings (SSSR count). The van der Waals surface area contributed by atoms with Gasteiger partial charge in [-0.15, -0.1) is 0 Å². The molecule has 0 saturated heterocycles. The molecule has 7 heteroatoms. The van der Waals surface area contributed by atoms with E-state index in [0.29, 0.717) is 37.2 Å². The molecule has 4 atom stereocenters. The topological polar surface area (TPSA) is 71.0 Å². The van der Waals surface area contributed by atoms with Crippen molar-refractivity contribution in [1.82, 2.24) is 5.32 Å². The van der Waals surface area contributed by atoms with Crippen molar-refractivity contribution in [2.45, 2.75) is 50.1 Å². The van der Waals surface area contributed by atoms with Crippen LogP contribution >= 0.6 is 0 Å². The number of aliphatic hydroxyl groups is 2. The summed E-state index contributed by atoms with van der Waals surface area (Å²) in [5, 5.41) is 23.9. The zero-order valence-electron chi connectivity index (χ0n) is 16.0. The largest absolute Gasteiger partial charge is 0.487 e. The number of hydrogen-bond donors (Lipinski definition) is 3. The van der Waals surface area contributed by atoms with Crippen molar-refractivity contribution in [3.8, 4) is 11.5 Å². The van der Waals surface area contributed by atoms with Gasteiger partial charge in [0, 0.05) is 13.1 Å². The summed E-state index contributed by atoms with van der Waals surface area (Å²) < 4.78 is 38.2. The van der Waals surface area contributed by atoms with E-state index >= 15 is 0 Å². The van der Waals surface area contributed by atoms with Crippen LogP contribution in [0, 0.1) is 11.6 Å². The summed E-state index contributed by atoms with van der Waals surface area (Å²) >= 11 is 0. The Balaban J connectivity index is 1.24. The van der Waals surface area contributed by atoms with Crippen molar-refractivity contribution in [3.05, 3.63) is 59.2 Å². The number of fused-ring (bicyclic) bond motifs is 2. The first kappa shape index (κ1) is 20.1. The van der Waals surface area contributed by atoms with Gasteiger partial charge < -0.3 is 25.0 Å². The summed E-state index contributed by atoms with van der Waals surface area (Å²) in [6, 6.07) is 8.79. The maximum Gasteiger partial charge on any atom is 0.126 e. The lowest BCUT2D eigenvalue weighted by Crippen LogP contribution is -2.46. The second-order valence-corrected chi connectivity index (χ2v) is 7.69. The third kappa shape index (κ3) is 4.69. The van der Waals surface area contributed by atoms with Gasteiger partial charge in [0.1, 0.15) is 47.5 Å². The fourth-order valence-corrected chi connectivity index (χ4v) is 3.94. The summed E-state index contributed by atoms with van der Waals surface area (Å²) in [5.74, 6) is 0.624. The minimum Gasteiger partial charge on any atom is -0.487 e. The van der Waals surface area contributed by atoms with Crippen LogP contribution in [0.3, 0.4) is 0 Å². The number of aryl methyl sites for hydroxylation is 2. The van der Waals surface area contributed by atoms with Gasteiger partial charge in [0.2, 0.25) is 0 Å². The Morgan fingerprint density at radius 3 is 1.72 bits per heavy atom. The molecule has 0 bridgehead atoms. The average molecular weight is 405 g/mol. The summed E-state index contributed by atoms with van der Waals surface area (Å²) in [4.78, 5) is 0. The second kappa shape index (κ2) is 8.65. The molecule has 0 radical (unpaired) electrons. The molecule has 0 fully saturated rings. The predicted molar refractivity (Wildman–Crippen MR) is 103 cm³/mol. The third-order valence-electron chi connectivity index (χ3n) is 5.56. The molecule has 2 aromatic rings. The number of rotatable bonds is 6. The van der Waals surface area contributed by atoms with E-state index in [4.69, 9.17) is 9.47 Å². The summed E-state index contributed by atoms with van der Waals surface area (Å²) in [6.45, 7) is 0.513. The molecule has 0 amide bonds. The lowest BCUT2D eigenvalue weighted by Gasteiger charge is -2.31. The van der Waals surface area contributed by atoms with Crippen molar-refractivity contribution >= 4 is 0 Å². The normalized spacial score (nSPS) is 22.6. The van der Waals surface area contributed by atoms with E-state index in [0.717, 1.165) is 11.1 Å². The van der Waals surface area contributed by atoms with E-state index in [2.05, 4.69) is 5.32 Å². The molecule has 3 N–H and O–H groups in total. The molecule has 156 valence electrons. The van der Waals surface area contributed by atoms with Gasteiger partial charge in [-0.2, -0.15) is 0 Å². The Labute approximate surface area is 168 Å². The third-order valence-corrected chi connectivity index (χ3v) is 5.56. The van der Waals surface area contributed by atoms with Crippen molar-refractivity contribution in [2.75, 3.05) is 13.1 Å². The van der Waals surface area contributed by atoms with Crippen LogP contribution in [0.5, 0.6) is 11.5 Å². The van der Waals surface area contributed by atoms with Crippen molar-refractivity contribution < 1.29 is 28.5 Å². The van der Waals surface area contributed by atoms with Crippen LogP contribution in [0.15, 0.2) is 36.4 Å². The lowest BCUT2D eigenvalue weighted by molar-refractivity contribution is 0.00892. The Bertz CT molecular complexity index is 793. The van der Waals surface area contributed by atoms with Crippen molar-refractivity contribution in [2.24, 2.45) is 0 Å². The summed E-state index contributed by atoms with van der Waals surface area (Å²) in [5.41, 5.74) is 1.62. The minimum absolute atomic E-state index is 0.257. The summed E-state index contributed by atoms with van der Waals surface area (Å²) in [7, 11) is 0. The molecular weight excluding hydrogens is 380 g/mol. The standard InChI is InChI=1S/C22H25F2NO4/c23-15-3-7-19-13(9-15)1-5-21(28-19)17(26)11-25-12-18(27)22-6-2-14-10-16(24)4-8-20(14)29-22/h3-4,7-10,17-18,21-22,25-27H,1-2,5-6,11-12H2/t17-,18?,21+,22-/m1/s1. The number of nitrogens with one attached hydrogen (secondary N) is 1. The first-order valence-electron chi connectivity index (χ1n) is 9.96. The fraction of sp³-hybridized carbons (Fsp3) is 0.455. The van der Waals surface area contributed by atoms with Gasteiger partial charge in [-0.3, -0.25) is 0 Å². The van der Waals surface area contributed by atoms with E-state index in [1.165, 1.54) is 24.3 Å². The molecule has 0 aliphatic carbocycles. The van der Waals surface area contributed by atoms with E-state index in [1.54, 1.807) is 12.1 Å². The predicted octanol–water partition coefficient (Wildman–Crippen LogP) is 2.36. The molecule has 1 unspecified atom stereocenters. The average Bonchev–Trinajstić information content (AvgIpc) is 2.72. The van der Waals surface area contributed by atoms with Crippen LogP contribution in [-0.4, -0.2) is 47.7 Å². The zero-order valence-corrected chi connectivity index (χ0v) is 16.0. The molecule has 2 heterocycles. The molecule has 0 aromatic heterocycles. The molecule has 2 aliphatic rings. The fourth-order valence-electron chi connectivity index (χ4n) is 3.94. The van der Waals surface area contributed by atoms with E-state index in [1.807, 2.05) is 0 Å². The molecule has 5 nitrogen and oxygen atoms in total. The van der Waals surface area contributed by atoms with Gasteiger partial charge in [0.25, 0.3) is 0 Å². The van der Waals surface area contributed by atoms with Crippen LogP contribution in [0.4, 0.5) is 8.78 Å². The summed E-state index contributed by atoms with van der Waals surface area (Å²) in [6.07, 6.45) is 0.214. The smallest absolute Gasteiger partial charge is 0.126 e. The van der Waals surface area contributed by atoms with Crippen LogP contribution in [0.25, 0.3) is 0 Å². The second-order valence-electron chi connectivity index (χ2n) is 7.69. The molecule has 29 heavy (non-hydrogen) atoms. The van der Waals surface area contributed by atoms with Gasteiger partial charge in [-0.25, -0.2) is 8.78 Å². The Kier molecular flexibility index (Phi) is 5.99. The first-order chi connectivity index (χ1) is 14.0. The van der Waals surface area contributed by atoms with Gasteiger partial charge in [-0.1, -0.05) is 0 Å². The number of hydrogen-bond acceptors (Lipinski definition) is 5. The molecule has 0 spiro atoms. The Hall–Kier alpha value is -2.22. The van der Waals surface area contributed by atoms with Crippen molar-refractivity contribution in [3.63, 3.8) is 0 Å². The highest BCUT2D eigenvalue weighted by atomic mass is 19.1. The van der Waals surface area contributed by atoms with Gasteiger partial charge >= 0.3 is 0 Å². The quantitative estimate of drug-likeness (QED) is 0.688. The molecule has 0 saturated carbocycles. The number of aliphatic hydroxyl groups excluding tert-OH is 2. The van der Waals surface area contributed by atoms with Crippen LogP contribution in [0.1, 0.15) is 24.0 Å². The van der Waals surface area contributed by atoms with E-state index in [9.17, 15) is 19.0 Å². The van der Waals surface area contributed by atoms with Crippen LogP contribution in [-0.2, 0) is 12.8 Å². The molecule has 2 aromatic carbocycles. The first-order valence-corrected chi connectivity index (χ1v) is 9.96. The van der Waals surface area contributed by atoms with E-state index in [-0.39, 0.29) is 36.9 Å². The highest BCUT2D eigenvalue weighted by Crippen LogP contribution is 2.30. The molecule has 2 aliphatic heterocycles. The number of ether oxygens (including phenoxy) is 2. The van der Waals surface area contributed by atoms with Gasteiger partial charge in [-0.05, 0) is 73.2 Å². The molecular formula is C22H25F2NO4. The Morgan fingerprint density at radius 1 is 0.828 bits per heavy atom. The number of halogens is 2. The van der Waals surface area contributed by atoms with Crippen LogP contribution in [0.2, 0.25) is 0 Å². The monoisotopic (exact) mass is 405 g/mol. The van der Waals surface area contributed by atoms with Gasteiger partial charge in [0.05, 0.1) is 0 Å². The Morgan fingerprint density at radius 2 is 1.28 bits per heavy atom. The zero-order chi connectivity index (χ0) is 20.4. The van der Waals surface area contributed by atoms with E-state index < -0.39 is 12.2 Å². The maximum absolute atomic E-state index is 13.3. The van der Waals surface area contributed by atoms with Crippen molar-refractivity contribution in [1.29, 1.82) is 0 Å². The highest BCUT2D eigenvalue weighted by molar-refractivity contribution is 5.36. The highest BCUT2D eigenvalue weighted by Gasteiger charge is 2.29. The van der Waals surface area contributed by atoms with Gasteiger partial charge in [0.15, 0.2) is 0 Å².